The average Bonchev–Trinajstić information content (AvgIpc) is 3.15. The number of rotatable bonds is 5. The SMILES string of the molecule is CC(C)n1nccc1-c1cccc(C[C@@H]2CCN(S(C)(=O)=O)C2)n1. The highest BCUT2D eigenvalue weighted by Crippen LogP contribution is 2.24. The van der Waals surface area contributed by atoms with Crippen molar-refractivity contribution >= 4 is 10.0 Å². The number of nitrogens with zero attached hydrogens (tertiary/aromatic N) is 4. The Labute approximate surface area is 143 Å². The second-order valence-corrected chi connectivity index (χ2v) is 8.73. The van der Waals surface area contributed by atoms with Crippen molar-refractivity contribution in [2.45, 2.75) is 32.7 Å². The molecule has 3 rings (SSSR count). The molecule has 0 N–H and O–H groups in total. The predicted molar refractivity (Wildman–Crippen MR) is 94.1 cm³/mol. The van der Waals surface area contributed by atoms with Gasteiger partial charge in [0, 0.05) is 31.0 Å². The van der Waals surface area contributed by atoms with Gasteiger partial charge in [0.1, 0.15) is 0 Å². The van der Waals surface area contributed by atoms with Crippen LogP contribution in [0.2, 0.25) is 0 Å². The third kappa shape index (κ3) is 3.67. The number of hydrogen-bond donors (Lipinski definition) is 0. The van der Waals surface area contributed by atoms with Gasteiger partial charge in [-0.25, -0.2) is 12.7 Å². The summed E-state index contributed by atoms with van der Waals surface area (Å²) < 4.78 is 26.8. The fraction of sp³-hybridized carbons (Fsp3) is 0.529. The van der Waals surface area contributed by atoms with Gasteiger partial charge in [-0.1, -0.05) is 6.07 Å². The van der Waals surface area contributed by atoms with Crippen molar-refractivity contribution in [3.8, 4) is 11.4 Å². The average molecular weight is 348 g/mol. The van der Waals surface area contributed by atoms with Crippen molar-refractivity contribution in [3.63, 3.8) is 0 Å². The number of sulfonamides is 1. The molecule has 1 aliphatic rings. The first kappa shape index (κ1) is 17.1. The summed E-state index contributed by atoms with van der Waals surface area (Å²) in [6.45, 7) is 5.40. The summed E-state index contributed by atoms with van der Waals surface area (Å²) in [6.07, 6.45) is 4.77. The monoisotopic (exact) mass is 348 g/mol. The first-order valence-electron chi connectivity index (χ1n) is 8.29. The number of aromatic nitrogens is 3. The van der Waals surface area contributed by atoms with E-state index in [1.807, 2.05) is 28.9 Å². The minimum Gasteiger partial charge on any atom is -0.261 e. The smallest absolute Gasteiger partial charge is 0.211 e. The topological polar surface area (TPSA) is 68.1 Å². The largest absolute Gasteiger partial charge is 0.261 e. The zero-order chi connectivity index (χ0) is 17.3. The van der Waals surface area contributed by atoms with E-state index in [-0.39, 0.29) is 6.04 Å². The van der Waals surface area contributed by atoms with Crippen molar-refractivity contribution in [1.29, 1.82) is 0 Å². The van der Waals surface area contributed by atoms with Crippen LogP contribution < -0.4 is 0 Å². The highest BCUT2D eigenvalue weighted by Gasteiger charge is 2.28. The van der Waals surface area contributed by atoms with Gasteiger partial charge < -0.3 is 0 Å². The minimum atomic E-state index is -3.09. The van der Waals surface area contributed by atoms with E-state index >= 15 is 0 Å². The van der Waals surface area contributed by atoms with E-state index in [2.05, 4.69) is 18.9 Å². The van der Waals surface area contributed by atoms with Crippen molar-refractivity contribution in [3.05, 3.63) is 36.2 Å². The van der Waals surface area contributed by atoms with Gasteiger partial charge in [0.2, 0.25) is 10.0 Å². The van der Waals surface area contributed by atoms with E-state index in [9.17, 15) is 8.42 Å². The first-order valence-corrected chi connectivity index (χ1v) is 10.1. The van der Waals surface area contributed by atoms with Crippen molar-refractivity contribution < 1.29 is 8.42 Å². The van der Waals surface area contributed by atoms with Gasteiger partial charge in [-0.15, -0.1) is 0 Å². The highest BCUT2D eigenvalue weighted by molar-refractivity contribution is 7.88. The summed E-state index contributed by atoms with van der Waals surface area (Å²) in [4.78, 5) is 4.78. The molecule has 0 aliphatic carbocycles. The van der Waals surface area contributed by atoms with Gasteiger partial charge in [0.25, 0.3) is 0 Å². The summed E-state index contributed by atoms with van der Waals surface area (Å²) in [5.74, 6) is 0.331. The Morgan fingerprint density at radius 3 is 2.75 bits per heavy atom. The number of pyridine rings is 1. The maximum absolute atomic E-state index is 11.6. The third-order valence-corrected chi connectivity index (χ3v) is 5.71. The molecule has 1 aliphatic heterocycles. The Hall–Kier alpha value is -1.73. The molecule has 7 heteroatoms. The Bertz CT molecular complexity index is 814. The van der Waals surface area contributed by atoms with Gasteiger partial charge in [0.05, 0.1) is 17.6 Å². The molecule has 0 aromatic carbocycles. The van der Waals surface area contributed by atoms with Crippen LogP contribution in [-0.2, 0) is 16.4 Å². The standard InChI is InChI=1S/C17H24N4O2S/c1-13(2)21-17(7-9-18-21)16-6-4-5-15(19-16)11-14-8-10-20(12-14)24(3,22)23/h4-7,9,13-14H,8,10-12H2,1-3H3/t14-/m0/s1. The van der Waals surface area contributed by atoms with Crippen molar-refractivity contribution in [1.82, 2.24) is 19.1 Å². The highest BCUT2D eigenvalue weighted by atomic mass is 32.2. The Morgan fingerprint density at radius 1 is 1.29 bits per heavy atom. The predicted octanol–water partition coefficient (Wildman–Crippen LogP) is 2.35. The van der Waals surface area contributed by atoms with E-state index < -0.39 is 10.0 Å². The molecule has 24 heavy (non-hydrogen) atoms. The molecular weight excluding hydrogens is 324 g/mol. The molecule has 0 spiro atoms. The molecule has 0 radical (unpaired) electrons. The van der Waals surface area contributed by atoms with Gasteiger partial charge in [-0.3, -0.25) is 9.67 Å². The van der Waals surface area contributed by atoms with E-state index in [1.165, 1.54) is 6.26 Å². The molecule has 1 saturated heterocycles. The van der Waals surface area contributed by atoms with Gasteiger partial charge in [-0.2, -0.15) is 5.10 Å². The number of hydrogen-bond acceptors (Lipinski definition) is 4. The summed E-state index contributed by atoms with van der Waals surface area (Å²) >= 11 is 0. The van der Waals surface area contributed by atoms with Crippen molar-refractivity contribution in [2.75, 3.05) is 19.3 Å². The fourth-order valence-electron chi connectivity index (χ4n) is 3.23. The molecule has 3 heterocycles. The molecule has 0 amide bonds. The molecule has 0 saturated carbocycles. The van der Waals surface area contributed by atoms with Crippen LogP contribution in [-0.4, -0.2) is 46.8 Å². The quantitative estimate of drug-likeness (QED) is 0.832. The van der Waals surface area contributed by atoms with Crippen LogP contribution in [0.5, 0.6) is 0 Å². The Morgan fingerprint density at radius 2 is 2.08 bits per heavy atom. The lowest BCUT2D eigenvalue weighted by Crippen LogP contribution is -2.27. The lowest BCUT2D eigenvalue weighted by Gasteiger charge is -2.14. The zero-order valence-corrected chi connectivity index (χ0v) is 15.2. The van der Waals surface area contributed by atoms with E-state index in [4.69, 9.17) is 4.98 Å². The summed E-state index contributed by atoms with van der Waals surface area (Å²) in [6, 6.07) is 8.28. The van der Waals surface area contributed by atoms with Crippen LogP contribution in [0, 0.1) is 5.92 Å². The maximum atomic E-state index is 11.6. The molecule has 0 unspecified atom stereocenters. The third-order valence-electron chi connectivity index (χ3n) is 4.44. The van der Waals surface area contributed by atoms with Crippen LogP contribution in [0.4, 0.5) is 0 Å². The molecule has 2 aromatic heterocycles. The normalized spacial score (nSPS) is 19.2. The van der Waals surface area contributed by atoms with Crippen LogP contribution in [0.15, 0.2) is 30.5 Å². The van der Waals surface area contributed by atoms with Crippen LogP contribution in [0.25, 0.3) is 11.4 Å². The van der Waals surface area contributed by atoms with Gasteiger partial charge in [0.15, 0.2) is 0 Å². The molecule has 6 nitrogen and oxygen atoms in total. The van der Waals surface area contributed by atoms with E-state index in [0.29, 0.717) is 19.0 Å². The maximum Gasteiger partial charge on any atom is 0.211 e. The van der Waals surface area contributed by atoms with Crippen LogP contribution in [0.1, 0.15) is 32.0 Å². The Kier molecular flexibility index (Phi) is 4.73. The molecular formula is C17H24N4O2S. The summed E-state index contributed by atoms with van der Waals surface area (Å²) in [5.41, 5.74) is 2.93. The summed E-state index contributed by atoms with van der Waals surface area (Å²) in [7, 11) is -3.09. The second kappa shape index (κ2) is 6.64. The molecule has 2 aromatic rings. The second-order valence-electron chi connectivity index (χ2n) is 6.75. The lowest BCUT2D eigenvalue weighted by atomic mass is 10.0. The van der Waals surface area contributed by atoms with Crippen LogP contribution >= 0.6 is 0 Å². The molecule has 1 fully saturated rings. The van der Waals surface area contributed by atoms with E-state index in [1.54, 1.807) is 10.5 Å². The Balaban J connectivity index is 1.76. The zero-order valence-electron chi connectivity index (χ0n) is 14.4. The summed E-state index contributed by atoms with van der Waals surface area (Å²) in [5, 5.41) is 4.37. The van der Waals surface area contributed by atoms with E-state index in [0.717, 1.165) is 29.9 Å². The van der Waals surface area contributed by atoms with Crippen molar-refractivity contribution in [2.24, 2.45) is 5.92 Å². The molecule has 130 valence electrons. The first-order chi connectivity index (χ1) is 11.3. The minimum absolute atomic E-state index is 0.276. The molecule has 0 bridgehead atoms. The fourth-order valence-corrected chi connectivity index (χ4v) is 4.14. The molecule has 1 atom stereocenters. The van der Waals surface area contributed by atoms with Crippen LogP contribution in [0.3, 0.4) is 0 Å². The van der Waals surface area contributed by atoms with Gasteiger partial charge in [-0.05, 0) is 50.8 Å². The van der Waals surface area contributed by atoms with Gasteiger partial charge >= 0.3 is 0 Å². The lowest BCUT2D eigenvalue weighted by molar-refractivity contribution is 0.459.